The molecule has 1 aromatic carbocycles. The van der Waals surface area contributed by atoms with E-state index in [4.69, 9.17) is 9.47 Å². The Bertz CT molecular complexity index is 1230. The second-order valence-corrected chi connectivity index (χ2v) is 8.59. The molecule has 172 valence electrons. The van der Waals surface area contributed by atoms with Gasteiger partial charge in [-0.3, -0.25) is 14.9 Å². The summed E-state index contributed by atoms with van der Waals surface area (Å²) in [5.41, 5.74) is 0.726. The molecule has 0 bridgehead atoms. The van der Waals surface area contributed by atoms with Crippen LogP contribution in [0.2, 0.25) is 0 Å². The average molecular weight is 477 g/mol. The van der Waals surface area contributed by atoms with E-state index in [1.807, 2.05) is 6.07 Å². The van der Waals surface area contributed by atoms with Crippen molar-refractivity contribution in [2.24, 2.45) is 0 Å². The van der Waals surface area contributed by atoms with Crippen molar-refractivity contribution < 1.29 is 19.1 Å². The molecule has 2 aliphatic rings. The van der Waals surface area contributed by atoms with Crippen LogP contribution in [0.25, 0.3) is 6.08 Å². The fourth-order valence-corrected chi connectivity index (χ4v) is 4.29. The first-order chi connectivity index (χ1) is 16.6. The Balaban J connectivity index is 1.20. The number of carbonyl (C=O) groups is 2. The van der Waals surface area contributed by atoms with E-state index in [0.717, 1.165) is 49.2 Å². The van der Waals surface area contributed by atoms with Gasteiger partial charge in [0.15, 0.2) is 0 Å². The van der Waals surface area contributed by atoms with E-state index in [9.17, 15) is 9.59 Å². The summed E-state index contributed by atoms with van der Waals surface area (Å²) in [5, 5.41) is 1.86. The largest absolute Gasteiger partial charge is 0.474 e. The van der Waals surface area contributed by atoms with Crippen molar-refractivity contribution in [1.29, 1.82) is 0 Å². The lowest BCUT2D eigenvalue weighted by molar-refractivity contribution is -0.115. The van der Waals surface area contributed by atoms with Gasteiger partial charge in [-0.1, -0.05) is 12.1 Å². The summed E-state index contributed by atoms with van der Waals surface area (Å²) in [7, 11) is 0. The Morgan fingerprint density at radius 2 is 1.79 bits per heavy atom. The van der Waals surface area contributed by atoms with Crippen molar-refractivity contribution in [3.05, 3.63) is 65.6 Å². The van der Waals surface area contributed by atoms with Gasteiger partial charge in [-0.2, -0.15) is 0 Å². The van der Waals surface area contributed by atoms with Crippen LogP contribution in [0.5, 0.6) is 17.5 Å². The molecule has 2 saturated heterocycles. The van der Waals surface area contributed by atoms with E-state index in [-0.39, 0.29) is 11.3 Å². The number of benzene rings is 1. The zero-order valence-electron chi connectivity index (χ0n) is 18.0. The first-order valence-corrected chi connectivity index (χ1v) is 11.5. The lowest BCUT2D eigenvalue weighted by Crippen LogP contribution is -2.39. The molecule has 1 N–H and O–H groups in total. The standard InChI is InChI=1S/C23H20N6O4S/c30-21-18(34-23(31)28-21)12-15-3-1-4-17(11-15)33-20-13-19(26-14-27-20)32-16-5-9-29(10-6-16)22-24-7-2-8-25-22/h1-4,7-8,11-14,16H,5-6,9-10H2,(H,28,30,31)/b18-12-. The van der Waals surface area contributed by atoms with Gasteiger partial charge in [-0.05, 0) is 41.6 Å². The highest BCUT2D eigenvalue weighted by Crippen LogP contribution is 2.28. The smallest absolute Gasteiger partial charge is 0.290 e. The van der Waals surface area contributed by atoms with Crippen LogP contribution in [-0.4, -0.2) is 50.3 Å². The van der Waals surface area contributed by atoms with Gasteiger partial charge in [0.1, 0.15) is 18.2 Å². The number of hydrogen-bond donors (Lipinski definition) is 1. The molecule has 2 amide bonds. The third-order valence-electron chi connectivity index (χ3n) is 5.20. The highest BCUT2D eigenvalue weighted by Gasteiger charge is 2.25. The van der Waals surface area contributed by atoms with Crippen molar-refractivity contribution in [2.75, 3.05) is 18.0 Å². The summed E-state index contributed by atoms with van der Waals surface area (Å²) in [5.74, 6) is 1.64. The summed E-state index contributed by atoms with van der Waals surface area (Å²) in [4.78, 5) is 42.6. The first-order valence-electron chi connectivity index (χ1n) is 10.7. The number of amides is 2. The first kappa shape index (κ1) is 21.8. The predicted octanol–water partition coefficient (Wildman–Crippen LogP) is 3.43. The SMILES string of the molecule is O=C1NC(=O)/C(=C/c2cccc(Oc3cc(OC4CCN(c5ncccn5)CC4)ncn3)c2)S1. The van der Waals surface area contributed by atoms with Crippen LogP contribution in [0.15, 0.2) is 60.0 Å². The van der Waals surface area contributed by atoms with Crippen LogP contribution in [0, 0.1) is 0 Å². The van der Waals surface area contributed by atoms with Crippen molar-refractivity contribution >= 4 is 34.9 Å². The molecule has 0 saturated carbocycles. The number of piperidine rings is 1. The summed E-state index contributed by atoms with van der Waals surface area (Å²) in [6.45, 7) is 1.60. The Morgan fingerprint density at radius 1 is 1.00 bits per heavy atom. The van der Waals surface area contributed by atoms with Crippen LogP contribution in [0.1, 0.15) is 18.4 Å². The van der Waals surface area contributed by atoms with Crippen molar-refractivity contribution in [1.82, 2.24) is 25.3 Å². The average Bonchev–Trinajstić information content (AvgIpc) is 3.17. The second kappa shape index (κ2) is 9.87. The van der Waals surface area contributed by atoms with Crippen LogP contribution >= 0.6 is 11.8 Å². The molecule has 2 fully saturated rings. The maximum atomic E-state index is 11.8. The van der Waals surface area contributed by atoms with Gasteiger partial charge >= 0.3 is 0 Å². The highest BCUT2D eigenvalue weighted by molar-refractivity contribution is 8.18. The molecule has 34 heavy (non-hydrogen) atoms. The molecule has 0 unspecified atom stereocenters. The van der Waals surface area contributed by atoms with Crippen molar-refractivity contribution in [2.45, 2.75) is 18.9 Å². The molecule has 11 heteroatoms. The summed E-state index contributed by atoms with van der Waals surface area (Å²) in [6, 6.07) is 10.6. The van der Waals surface area contributed by atoms with E-state index in [1.165, 1.54) is 6.33 Å². The summed E-state index contributed by atoms with van der Waals surface area (Å²) < 4.78 is 11.9. The molecule has 0 aliphatic carbocycles. The van der Waals surface area contributed by atoms with Gasteiger partial charge in [0.05, 0.1) is 11.0 Å². The minimum absolute atomic E-state index is 0.0235. The molecule has 0 radical (unpaired) electrons. The van der Waals surface area contributed by atoms with Crippen molar-refractivity contribution in [3.63, 3.8) is 0 Å². The molecular formula is C23H20N6O4S. The third kappa shape index (κ3) is 5.31. The Labute approximate surface area is 199 Å². The van der Waals surface area contributed by atoms with Crippen LogP contribution in [-0.2, 0) is 4.79 Å². The van der Waals surface area contributed by atoms with Gasteiger partial charge in [0, 0.05) is 38.3 Å². The van der Waals surface area contributed by atoms with E-state index in [1.54, 1.807) is 48.8 Å². The molecule has 10 nitrogen and oxygen atoms in total. The molecule has 0 spiro atoms. The zero-order valence-corrected chi connectivity index (χ0v) is 18.8. The third-order valence-corrected chi connectivity index (χ3v) is 6.01. The minimum Gasteiger partial charge on any atom is -0.474 e. The number of hydrogen-bond acceptors (Lipinski definition) is 10. The Hall–Kier alpha value is -3.99. The molecule has 2 aromatic heterocycles. The maximum Gasteiger partial charge on any atom is 0.290 e. The number of aromatic nitrogens is 4. The normalized spacial score (nSPS) is 17.6. The monoisotopic (exact) mass is 476 g/mol. The van der Waals surface area contributed by atoms with Gasteiger partial charge in [0.25, 0.3) is 11.1 Å². The minimum atomic E-state index is -0.402. The fraction of sp³-hybridized carbons (Fsp3) is 0.217. The predicted molar refractivity (Wildman–Crippen MR) is 126 cm³/mol. The number of imide groups is 1. The van der Waals surface area contributed by atoms with E-state index in [0.29, 0.717) is 22.4 Å². The number of thioether (sulfide) groups is 1. The zero-order chi connectivity index (χ0) is 23.3. The molecular weight excluding hydrogens is 456 g/mol. The highest BCUT2D eigenvalue weighted by atomic mass is 32.2. The van der Waals surface area contributed by atoms with E-state index < -0.39 is 5.91 Å². The van der Waals surface area contributed by atoms with Crippen LogP contribution in [0.4, 0.5) is 10.7 Å². The van der Waals surface area contributed by atoms with Gasteiger partial charge in [-0.25, -0.2) is 19.9 Å². The van der Waals surface area contributed by atoms with Gasteiger partial charge < -0.3 is 14.4 Å². The van der Waals surface area contributed by atoms with E-state index in [2.05, 4.69) is 30.2 Å². The number of carbonyl (C=O) groups excluding carboxylic acids is 2. The lowest BCUT2D eigenvalue weighted by atomic mass is 10.1. The second-order valence-electron chi connectivity index (χ2n) is 7.57. The maximum absolute atomic E-state index is 11.8. The topological polar surface area (TPSA) is 119 Å². The summed E-state index contributed by atoms with van der Waals surface area (Å²) >= 11 is 0.869. The fourth-order valence-electron chi connectivity index (χ4n) is 3.60. The molecule has 5 rings (SSSR count). The summed E-state index contributed by atoms with van der Waals surface area (Å²) in [6.07, 6.45) is 8.19. The number of nitrogens with one attached hydrogen (secondary N) is 1. The Morgan fingerprint density at radius 3 is 2.56 bits per heavy atom. The molecule has 3 aromatic rings. The Kier molecular flexibility index (Phi) is 6.34. The van der Waals surface area contributed by atoms with Gasteiger partial charge in [0.2, 0.25) is 17.7 Å². The van der Waals surface area contributed by atoms with Gasteiger partial charge in [-0.15, -0.1) is 0 Å². The van der Waals surface area contributed by atoms with E-state index >= 15 is 0 Å². The van der Waals surface area contributed by atoms with Crippen LogP contribution < -0.4 is 19.7 Å². The number of anilines is 1. The van der Waals surface area contributed by atoms with Crippen LogP contribution in [0.3, 0.4) is 0 Å². The number of nitrogens with zero attached hydrogens (tertiary/aromatic N) is 5. The van der Waals surface area contributed by atoms with Crippen molar-refractivity contribution in [3.8, 4) is 17.5 Å². The lowest BCUT2D eigenvalue weighted by Gasteiger charge is -2.31. The molecule has 0 atom stereocenters. The molecule has 4 heterocycles. The molecule has 2 aliphatic heterocycles. The number of rotatable bonds is 6. The quantitative estimate of drug-likeness (QED) is 0.530. The number of ether oxygens (including phenoxy) is 2.